The summed E-state index contributed by atoms with van der Waals surface area (Å²) in [6, 6.07) is 9.28. The Balaban J connectivity index is 0.839. The Bertz CT molecular complexity index is 1750. The molecule has 2 amide bonds. The lowest BCUT2D eigenvalue weighted by Crippen LogP contribution is -2.56. The van der Waals surface area contributed by atoms with Crippen LogP contribution < -0.4 is 25.8 Å². The van der Waals surface area contributed by atoms with Gasteiger partial charge in [0.25, 0.3) is 5.91 Å². The molecule has 0 radical (unpaired) electrons. The Morgan fingerprint density at radius 2 is 1.42 bits per heavy atom. The fourth-order valence-corrected chi connectivity index (χ4v) is 9.26. The van der Waals surface area contributed by atoms with Crippen molar-refractivity contribution in [1.82, 2.24) is 34.6 Å². The van der Waals surface area contributed by atoms with Crippen molar-refractivity contribution in [2.45, 2.75) is 82.5 Å². The van der Waals surface area contributed by atoms with E-state index in [1.54, 1.807) is 7.05 Å². The molecule has 52 heavy (non-hydrogen) atoms. The van der Waals surface area contributed by atoms with Crippen LogP contribution in [-0.4, -0.2) is 130 Å². The minimum atomic E-state index is -0.885. The number of nitrogens with zero attached hydrogens (tertiary/aromatic N) is 10. The summed E-state index contributed by atoms with van der Waals surface area (Å²) in [6.07, 6.45) is 11.7. The monoisotopic (exact) mass is 708 g/mol. The molecule has 3 atom stereocenters. The summed E-state index contributed by atoms with van der Waals surface area (Å²) in [5.41, 5.74) is 8.07. The Morgan fingerprint density at radius 3 is 1.96 bits per heavy atom. The van der Waals surface area contributed by atoms with Gasteiger partial charge < -0.3 is 25.8 Å². The van der Waals surface area contributed by atoms with Gasteiger partial charge in [-0.25, -0.2) is 15.0 Å². The van der Waals surface area contributed by atoms with Crippen molar-refractivity contribution in [1.29, 1.82) is 0 Å². The molecule has 4 aliphatic heterocycles. The third-order valence-corrected chi connectivity index (χ3v) is 12.3. The maximum absolute atomic E-state index is 13.5. The molecule has 3 aromatic rings. The van der Waals surface area contributed by atoms with Crippen LogP contribution in [0.4, 0.5) is 34.8 Å². The first-order chi connectivity index (χ1) is 25.2. The Kier molecular flexibility index (Phi) is 9.37. The number of anilines is 6. The van der Waals surface area contributed by atoms with E-state index < -0.39 is 5.54 Å². The molecule has 1 aliphatic carbocycles. The number of amides is 2. The number of hydrogen-bond donors (Lipinski definition) is 2. The number of nitrogens with one attached hydrogen (secondary N) is 1. The van der Waals surface area contributed by atoms with Crippen molar-refractivity contribution in [2.24, 2.45) is 0 Å². The number of nitrogens with two attached hydrogens (primary N) is 1. The van der Waals surface area contributed by atoms with Crippen LogP contribution in [0.5, 0.6) is 0 Å². The van der Waals surface area contributed by atoms with Gasteiger partial charge >= 0.3 is 0 Å². The van der Waals surface area contributed by atoms with Crippen LogP contribution in [-0.2, 0) is 16.0 Å². The average molecular weight is 709 g/mol. The molecule has 5 aliphatic rings. The van der Waals surface area contributed by atoms with Crippen molar-refractivity contribution in [2.75, 3.05) is 85.2 Å². The number of rotatable bonds is 9. The first-order valence-corrected chi connectivity index (χ1v) is 19.1. The van der Waals surface area contributed by atoms with Crippen LogP contribution in [0.15, 0.2) is 42.9 Å². The first-order valence-electron chi connectivity index (χ1n) is 19.1. The molecular weight excluding hydrogens is 656 g/mol. The molecule has 1 saturated carbocycles. The Hall–Kier alpha value is -4.56. The number of likely N-dealkylation sites (N-methyl/N-ethyl adjacent to an activating group) is 1. The summed E-state index contributed by atoms with van der Waals surface area (Å²) in [6.45, 7) is 12.9. The van der Waals surface area contributed by atoms with Crippen molar-refractivity contribution in [3.05, 3.63) is 48.4 Å². The van der Waals surface area contributed by atoms with E-state index in [0.29, 0.717) is 36.1 Å². The lowest BCUT2D eigenvalue weighted by atomic mass is 9.91. The van der Waals surface area contributed by atoms with Crippen LogP contribution in [0.1, 0.15) is 57.9 Å². The van der Waals surface area contributed by atoms with Gasteiger partial charge in [0.2, 0.25) is 11.9 Å². The zero-order chi connectivity index (χ0) is 36.0. The molecule has 3 aromatic heterocycles. The van der Waals surface area contributed by atoms with Gasteiger partial charge in [-0.05, 0) is 57.4 Å². The minimum absolute atomic E-state index is 0.127. The van der Waals surface area contributed by atoms with E-state index in [2.05, 4.69) is 65.8 Å². The minimum Gasteiger partial charge on any atom is -0.384 e. The molecule has 1 spiro atoms. The molecule has 0 aromatic carbocycles. The molecule has 3 saturated heterocycles. The smallest absolute Gasteiger partial charge is 0.255 e. The summed E-state index contributed by atoms with van der Waals surface area (Å²) in [5.74, 6) is 2.20. The van der Waals surface area contributed by atoms with Gasteiger partial charge in [-0.3, -0.25) is 24.3 Å². The number of piperazine rings is 2. The summed E-state index contributed by atoms with van der Waals surface area (Å²) in [5, 5.41) is 3.30. The second kappa shape index (κ2) is 14.1. The molecule has 14 heteroatoms. The van der Waals surface area contributed by atoms with Crippen LogP contribution in [0, 0.1) is 0 Å². The van der Waals surface area contributed by atoms with E-state index in [4.69, 9.17) is 15.7 Å². The van der Waals surface area contributed by atoms with Gasteiger partial charge in [-0.1, -0.05) is 12.8 Å². The zero-order valence-electron chi connectivity index (χ0n) is 30.7. The largest absolute Gasteiger partial charge is 0.384 e. The van der Waals surface area contributed by atoms with E-state index in [1.807, 2.05) is 30.7 Å². The van der Waals surface area contributed by atoms with E-state index in [-0.39, 0.29) is 24.3 Å². The summed E-state index contributed by atoms with van der Waals surface area (Å²) in [4.78, 5) is 58.3. The zero-order valence-corrected chi connectivity index (χ0v) is 30.7. The van der Waals surface area contributed by atoms with E-state index in [1.165, 1.54) is 4.90 Å². The number of nitrogen functional groups attached to an aromatic ring is 1. The Morgan fingerprint density at radius 1 is 0.808 bits per heavy atom. The highest BCUT2D eigenvalue weighted by molar-refractivity contribution is 6.11. The molecule has 8 rings (SSSR count). The number of pyridine rings is 2. The number of carbonyl (C=O) groups excluding carboxylic acids is 2. The highest BCUT2D eigenvalue weighted by Gasteiger charge is 2.60. The Labute approximate surface area is 306 Å². The predicted octanol–water partition coefficient (Wildman–Crippen LogP) is 3.14. The van der Waals surface area contributed by atoms with Crippen molar-refractivity contribution < 1.29 is 9.59 Å². The second-order valence-electron chi connectivity index (χ2n) is 15.4. The third-order valence-electron chi connectivity index (χ3n) is 12.3. The van der Waals surface area contributed by atoms with Crippen molar-refractivity contribution in [3.63, 3.8) is 0 Å². The standard InChI is InChI=1S/C38H52N12O2/c1-26(46-12-16-48(17-13-46)30-8-10-32(39)40-24-30)20-27(2)47-14-18-49(19-15-47)31-9-11-33(41-25-31)43-37-42-23-28-21-38(22-34(51)45(3)36(38)52)50(35(28)44-37)29-6-4-5-7-29/h8-11,23-27,29H,4-7,12-22H2,1-3H3,(H2,39,40)(H,41,42,43,44). The summed E-state index contributed by atoms with van der Waals surface area (Å²) < 4.78 is 0. The SMILES string of the molecule is CC(CC(C)N1CCN(c2ccc(Nc3ncc4c(n3)N(C3CCCC3)C3(CC(=O)N(C)C3=O)C4)nc2)CC1)N1CCN(c2ccc(N)nc2)CC1. The van der Waals surface area contributed by atoms with Crippen LogP contribution in [0.25, 0.3) is 0 Å². The highest BCUT2D eigenvalue weighted by Crippen LogP contribution is 2.47. The molecule has 3 N–H and O–H groups in total. The van der Waals surface area contributed by atoms with Gasteiger partial charge in [0.05, 0.1) is 30.2 Å². The van der Waals surface area contributed by atoms with Crippen molar-refractivity contribution >= 4 is 46.6 Å². The molecule has 14 nitrogen and oxygen atoms in total. The normalized spacial score (nSPS) is 24.3. The third kappa shape index (κ3) is 6.51. The van der Waals surface area contributed by atoms with Gasteiger partial charge in [-0.15, -0.1) is 0 Å². The molecule has 276 valence electrons. The summed E-state index contributed by atoms with van der Waals surface area (Å²) >= 11 is 0. The molecule has 0 bridgehead atoms. The van der Waals surface area contributed by atoms with Gasteiger partial charge in [-0.2, -0.15) is 4.98 Å². The molecular formula is C38H52N12O2. The molecule has 4 fully saturated rings. The van der Waals surface area contributed by atoms with E-state index in [9.17, 15) is 9.59 Å². The van der Waals surface area contributed by atoms with Crippen LogP contribution >= 0.6 is 0 Å². The van der Waals surface area contributed by atoms with Gasteiger partial charge in [0.15, 0.2) is 0 Å². The van der Waals surface area contributed by atoms with Crippen LogP contribution in [0.3, 0.4) is 0 Å². The fraction of sp³-hybridized carbons (Fsp3) is 0.579. The second-order valence-corrected chi connectivity index (χ2v) is 15.4. The number of fused-ring (bicyclic) bond motifs is 1. The number of likely N-dealkylation sites (tertiary alicyclic amines) is 1. The van der Waals surface area contributed by atoms with E-state index in [0.717, 1.165) is 107 Å². The van der Waals surface area contributed by atoms with Crippen molar-refractivity contribution in [3.8, 4) is 0 Å². The molecule has 3 unspecified atom stereocenters. The quantitative estimate of drug-likeness (QED) is 0.315. The maximum Gasteiger partial charge on any atom is 0.255 e. The predicted molar refractivity (Wildman–Crippen MR) is 203 cm³/mol. The van der Waals surface area contributed by atoms with Crippen LogP contribution in [0.2, 0.25) is 0 Å². The highest BCUT2D eigenvalue weighted by atomic mass is 16.2. The first kappa shape index (κ1) is 34.5. The average Bonchev–Trinajstić information content (AvgIpc) is 3.86. The number of aromatic nitrogens is 4. The lowest BCUT2D eigenvalue weighted by molar-refractivity contribution is -0.138. The topological polar surface area (TPSA) is 143 Å². The summed E-state index contributed by atoms with van der Waals surface area (Å²) in [7, 11) is 1.59. The van der Waals surface area contributed by atoms with Gasteiger partial charge in [0.1, 0.15) is 23.0 Å². The fourth-order valence-electron chi connectivity index (χ4n) is 9.26. The molecule has 7 heterocycles. The lowest BCUT2D eigenvalue weighted by Gasteiger charge is -2.42. The van der Waals surface area contributed by atoms with E-state index >= 15 is 0 Å². The number of carbonyl (C=O) groups is 2. The number of imide groups is 1. The van der Waals surface area contributed by atoms with Gasteiger partial charge in [0, 0.05) is 95.7 Å². The number of hydrogen-bond acceptors (Lipinski definition) is 13. The maximum atomic E-state index is 13.5.